The number of rotatable bonds is 16. The van der Waals surface area contributed by atoms with E-state index >= 15 is 0 Å². The van der Waals surface area contributed by atoms with Gasteiger partial charge in [0.25, 0.3) is 0 Å². The molecule has 0 aromatic heterocycles. The fraction of sp³-hybridized carbons (Fsp3) is 0.667. The number of carbonyl (C=O) groups is 3. The Labute approximate surface area is 205 Å². The number of benzene rings is 1. The summed E-state index contributed by atoms with van der Waals surface area (Å²) in [6.07, 6.45) is 11.2. The summed E-state index contributed by atoms with van der Waals surface area (Å²) < 4.78 is 4.75. The molecule has 34 heavy (non-hydrogen) atoms. The monoisotopic (exact) mass is 473 g/mol. The number of carbonyl (C=O) groups excluding carboxylic acids is 3. The first-order chi connectivity index (χ1) is 16.5. The van der Waals surface area contributed by atoms with E-state index in [0.717, 1.165) is 37.7 Å². The smallest absolute Gasteiger partial charge is 0.337 e. The maximum absolute atomic E-state index is 13.2. The molecule has 0 aliphatic carbocycles. The second kappa shape index (κ2) is 15.4. The van der Waals surface area contributed by atoms with Gasteiger partial charge >= 0.3 is 12.0 Å². The van der Waals surface area contributed by atoms with Crippen molar-refractivity contribution in [2.45, 2.75) is 90.6 Å². The zero-order valence-corrected chi connectivity index (χ0v) is 21.3. The van der Waals surface area contributed by atoms with Gasteiger partial charge in [0.1, 0.15) is 6.04 Å². The van der Waals surface area contributed by atoms with Crippen LogP contribution in [0.5, 0.6) is 0 Å². The van der Waals surface area contributed by atoms with Crippen LogP contribution < -0.4 is 5.32 Å². The number of hydrogen-bond acceptors (Lipinski definition) is 4. The molecule has 7 heteroatoms. The van der Waals surface area contributed by atoms with Gasteiger partial charge in [-0.3, -0.25) is 4.79 Å². The Kier molecular flexibility index (Phi) is 12.5. The van der Waals surface area contributed by atoms with E-state index in [1.807, 2.05) is 12.1 Å². The summed E-state index contributed by atoms with van der Waals surface area (Å²) in [6.45, 7) is 6.42. The van der Waals surface area contributed by atoms with E-state index in [2.05, 4.69) is 19.2 Å². The molecule has 1 N–H and O–H groups in total. The van der Waals surface area contributed by atoms with Crippen molar-refractivity contribution in [3.05, 3.63) is 35.4 Å². The van der Waals surface area contributed by atoms with Gasteiger partial charge in [0.15, 0.2) is 0 Å². The lowest BCUT2D eigenvalue weighted by Crippen LogP contribution is -2.46. The molecule has 1 heterocycles. The first kappa shape index (κ1) is 27.7. The molecular formula is C27H43N3O4. The summed E-state index contributed by atoms with van der Waals surface area (Å²) >= 11 is 0. The van der Waals surface area contributed by atoms with Gasteiger partial charge in [-0.1, -0.05) is 77.3 Å². The predicted molar refractivity (Wildman–Crippen MR) is 135 cm³/mol. The van der Waals surface area contributed by atoms with Crippen molar-refractivity contribution in [2.75, 3.05) is 26.7 Å². The number of esters is 1. The van der Waals surface area contributed by atoms with E-state index in [1.165, 1.54) is 39.2 Å². The molecule has 3 amide bonds. The number of methoxy groups -OCH3 is 1. The molecule has 1 aromatic carbocycles. The molecule has 190 valence electrons. The number of ether oxygens (including phenoxy) is 1. The van der Waals surface area contributed by atoms with Gasteiger partial charge < -0.3 is 19.9 Å². The maximum atomic E-state index is 13.2. The van der Waals surface area contributed by atoms with Crippen molar-refractivity contribution < 1.29 is 19.1 Å². The summed E-state index contributed by atoms with van der Waals surface area (Å²) in [6, 6.07) is 6.53. The highest BCUT2D eigenvalue weighted by molar-refractivity contribution is 5.91. The summed E-state index contributed by atoms with van der Waals surface area (Å²) in [5.74, 6) is -0.441. The van der Waals surface area contributed by atoms with Gasteiger partial charge in [0.05, 0.1) is 19.2 Å². The van der Waals surface area contributed by atoms with Gasteiger partial charge in [-0.15, -0.1) is 0 Å². The predicted octanol–water partition coefficient (Wildman–Crippen LogP) is 5.14. The third-order valence-electron chi connectivity index (χ3n) is 6.42. The highest BCUT2D eigenvalue weighted by Gasteiger charge is 2.40. The zero-order chi connectivity index (χ0) is 24.8. The van der Waals surface area contributed by atoms with E-state index in [-0.39, 0.29) is 17.9 Å². The third kappa shape index (κ3) is 8.65. The Balaban J connectivity index is 1.98. The molecule has 0 saturated carbocycles. The van der Waals surface area contributed by atoms with Crippen LogP contribution in [0.4, 0.5) is 4.79 Å². The first-order valence-corrected chi connectivity index (χ1v) is 13.0. The van der Waals surface area contributed by atoms with Crippen LogP contribution in [0.15, 0.2) is 24.3 Å². The van der Waals surface area contributed by atoms with Crippen molar-refractivity contribution in [1.29, 1.82) is 0 Å². The number of nitrogens with zero attached hydrogens (tertiary/aromatic N) is 2. The largest absolute Gasteiger partial charge is 0.465 e. The van der Waals surface area contributed by atoms with Crippen LogP contribution in [0.2, 0.25) is 0 Å². The van der Waals surface area contributed by atoms with Gasteiger partial charge in [0.2, 0.25) is 5.91 Å². The van der Waals surface area contributed by atoms with E-state index in [1.54, 1.807) is 21.9 Å². The van der Waals surface area contributed by atoms with E-state index in [9.17, 15) is 14.4 Å². The molecule has 1 atom stereocenters. The standard InChI is InChI=1S/C27H43N3O4/c1-4-6-8-10-11-13-19-30-24(25(31)28-18-12-9-7-5-2)21-29(27(30)33)20-22-14-16-23(17-15-22)26(32)34-3/h14-17,24H,4-13,18-21H2,1-3H3,(H,28,31)/t24-/m0/s1. The fourth-order valence-corrected chi connectivity index (χ4v) is 4.34. The van der Waals surface area contributed by atoms with Crippen LogP contribution in [0.25, 0.3) is 0 Å². The molecule has 2 rings (SSSR count). The fourth-order valence-electron chi connectivity index (χ4n) is 4.34. The molecule has 7 nitrogen and oxygen atoms in total. The highest BCUT2D eigenvalue weighted by atomic mass is 16.5. The first-order valence-electron chi connectivity index (χ1n) is 13.0. The molecule has 1 aliphatic rings. The van der Waals surface area contributed by atoms with Crippen LogP contribution in [0, 0.1) is 0 Å². The SMILES string of the molecule is CCCCCCCCN1C(=O)N(Cc2ccc(C(=O)OC)cc2)C[C@H]1C(=O)NCCCCCC. The minimum Gasteiger partial charge on any atom is -0.465 e. The zero-order valence-electron chi connectivity index (χ0n) is 21.3. The average Bonchev–Trinajstić information content (AvgIpc) is 3.16. The van der Waals surface area contributed by atoms with Crippen LogP contribution in [-0.4, -0.2) is 60.5 Å². The van der Waals surface area contributed by atoms with Gasteiger partial charge in [-0.25, -0.2) is 9.59 Å². The Morgan fingerprint density at radius 1 is 0.941 bits per heavy atom. The Morgan fingerprint density at radius 3 is 2.21 bits per heavy atom. The van der Waals surface area contributed by atoms with Crippen LogP contribution >= 0.6 is 0 Å². The Bertz CT molecular complexity index is 766. The molecule has 1 aliphatic heterocycles. The normalized spacial score (nSPS) is 15.6. The lowest BCUT2D eigenvalue weighted by molar-refractivity contribution is -0.124. The van der Waals surface area contributed by atoms with Gasteiger partial charge in [-0.2, -0.15) is 0 Å². The van der Waals surface area contributed by atoms with Crippen molar-refractivity contribution in [2.24, 2.45) is 0 Å². The van der Waals surface area contributed by atoms with Crippen LogP contribution in [-0.2, 0) is 16.1 Å². The van der Waals surface area contributed by atoms with Crippen molar-refractivity contribution in [1.82, 2.24) is 15.1 Å². The third-order valence-corrected chi connectivity index (χ3v) is 6.42. The molecule has 0 radical (unpaired) electrons. The molecule has 1 aromatic rings. The summed E-state index contributed by atoms with van der Waals surface area (Å²) in [7, 11) is 1.35. The lowest BCUT2D eigenvalue weighted by atomic mass is 10.1. The molecule has 0 unspecified atom stereocenters. The molecule has 0 bridgehead atoms. The Hall–Kier alpha value is -2.57. The summed E-state index contributed by atoms with van der Waals surface area (Å²) in [4.78, 5) is 41.4. The topological polar surface area (TPSA) is 79.0 Å². The quantitative estimate of drug-likeness (QED) is 0.266. The highest BCUT2D eigenvalue weighted by Crippen LogP contribution is 2.21. The van der Waals surface area contributed by atoms with E-state index in [0.29, 0.717) is 31.7 Å². The maximum Gasteiger partial charge on any atom is 0.337 e. The van der Waals surface area contributed by atoms with E-state index < -0.39 is 6.04 Å². The minimum atomic E-state index is -0.455. The molecule has 1 saturated heterocycles. The molecule has 1 fully saturated rings. The second-order valence-electron chi connectivity index (χ2n) is 9.18. The number of urea groups is 1. The van der Waals surface area contributed by atoms with Crippen molar-refractivity contribution in [3.63, 3.8) is 0 Å². The second-order valence-corrected chi connectivity index (χ2v) is 9.18. The van der Waals surface area contributed by atoms with Gasteiger partial charge in [0, 0.05) is 19.6 Å². The van der Waals surface area contributed by atoms with Crippen molar-refractivity contribution >= 4 is 17.9 Å². The number of nitrogens with one attached hydrogen (secondary N) is 1. The van der Waals surface area contributed by atoms with Crippen molar-refractivity contribution in [3.8, 4) is 0 Å². The average molecular weight is 474 g/mol. The molecular weight excluding hydrogens is 430 g/mol. The van der Waals surface area contributed by atoms with Crippen LogP contribution in [0.3, 0.4) is 0 Å². The lowest BCUT2D eigenvalue weighted by Gasteiger charge is -2.22. The van der Waals surface area contributed by atoms with Crippen LogP contribution in [0.1, 0.15) is 94.0 Å². The molecule has 0 spiro atoms. The number of unbranched alkanes of at least 4 members (excludes halogenated alkanes) is 8. The minimum absolute atomic E-state index is 0.0561. The van der Waals surface area contributed by atoms with E-state index in [4.69, 9.17) is 4.74 Å². The Morgan fingerprint density at radius 2 is 1.56 bits per heavy atom. The van der Waals surface area contributed by atoms with Gasteiger partial charge in [-0.05, 0) is 30.5 Å². The summed E-state index contributed by atoms with van der Waals surface area (Å²) in [5, 5.41) is 3.05. The number of amides is 3. The number of hydrogen-bond donors (Lipinski definition) is 1. The summed E-state index contributed by atoms with van der Waals surface area (Å²) in [5.41, 5.74) is 1.39.